The van der Waals surface area contributed by atoms with Crippen LogP contribution in [0, 0.1) is 20.8 Å². The van der Waals surface area contributed by atoms with E-state index in [1.807, 2.05) is 45.4 Å². The van der Waals surface area contributed by atoms with Gasteiger partial charge in [0.25, 0.3) is 0 Å². The number of alkyl halides is 1. The average Bonchev–Trinajstić information content (AvgIpc) is 3.18. The zero-order valence-corrected chi connectivity index (χ0v) is 34.7. The highest BCUT2D eigenvalue weighted by molar-refractivity contribution is 5.80. The van der Waals surface area contributed by atoms with Crippen molar-refractivity contribution >= 4 is 34.9 Å². The van der Waals surface area contributed by atoms with E-state index in [0.717, 1.165) is 98.4 Å². The van der Waals surface area contributed by atoms with Crippen LogP contribution in [0.5, 0.6) is 0 Å². The van der Waals surface area contributed by atoms with Crippen molar-refractivity contribution in [3.63, 3.8) is 0 Å². The van der Waals surface area contributed by atoms with Crippen molar-refractivity contribution in [1.29, 1.82) is 0 Å². The van der Waals surface area contributed by atoms with Crippen molar-refractivity contribution in [3.8, 4) is 0 Å². The SMILES string of the molecule is CCN1CCC(c2cnc(C)c(N=C(N)N)c2)CC1.Cc1ncc(C2CCN(C)CC2)cc1N=C(N)N.Cc1ncc(C2CCN(CCF)CC2)cc1N=C(N)N. The van der Waals surface area contributed by atoms with Crippen LogP contribution in [0.2, 0.25) is 0 Å². The van der Waals surface area contributed by atoms with Crippen LogP contribution in [0.4, 0.5) is 21.5 Å². The molecule has 0 spiro atoms. The summed E-state index contributed by atoms with van der Waals surface area (Å²) in [6, 6.07) is 6.16. The maximum atomic E-state index is 12.3. The zero-order chi connectivity index (χ0) is 41.5. The summed E-state index contributed by atoms with van der Waals surface area (Å²) in [4.78, 5) is 32.6. The second-order valence-electron chi connectivity index (χ2n) is 15.3. The van der Waals surface area contributed by atoms with Gasteiger partial charge in [0.05, 0.1) is 34.1 Å². The van der Waals surface area contributed by atoms with Crippen LogP contribution in [0.3, 0.4) is 0 Å². The number of pyridine rings is 3. The fourth-order valence-electron chi connectivity index (χ4n) is 7.57. The Morgan fingerprint density at radius 2 is 0.895 bits per heavy atom. The number of aromatic nitrogens is 3. The molecule has 3 aliphatic heterocycles. The minimum atomic E-state index is -0.272. The Bertz CT molecular complexity index is 1790. The Hall–Kier alpha value is -4.93. The fourth-order valence-corrected chi connectivity index (χ4v) is 7.57. The molecule has 0 saturated carbocycles. The lowest BCUT2D eigenvalue weighted by atomic mass is 9.90. The molecule has 16 heteroatoms. The molecule has 3 aromatic heterocycles. The van der Waals surface area contributed by atoms with E-state index in [1.165, 1.54) is 36.8 Å². The van der Waals surface area contributed by atoms with E-state index in [4.69, 9.17) is 34.4 Å². The minimum absolute atomic E-state index is 0.0461. The third-order valence-corrected chi connectivity index (χ3v) is 11.1. The Labute approximate surface area is 338 Å². The first-order chi connectivity index (χ1) is 27.3. The monoisotopic (exact) mass is 788 g/mol. The maximum Gasteiger partial charge on any atom is 0.191 e. The van der Waals surface area contributed by atoms with Gasteiger partial charge in [-0.25, -0.2) is 19.4 Å². The number of guanidine groups is 3. The normalized spacial score (nSPS) is 17.4. The summed E-state index contributed by atoms with van der Waals surface area (Å²) in [6.45, 7) is 15.8. The number of hydrogen-bond donors (Lipinski definition) is 6. The van der Waals surface area contributed by atoms with E-state index in [1.54, 1.807) is 0 Å². The molecule has 0 aliphatic carbocycles. The van der Waals surface area contributed by atoms with Gasteiger partial charge >= 0.3 is 0 Å². The number of hydrogen-bond acceptors (Lipinski definition) is 9. The van der Waals surface area contributed by atoms with Gasteiger partial charge in [0.1, 0.15) is 6.67 Å². The lowest BCUT2D eigenvalue weighted by molar-refractivity contribution is 0.197. The lowest BCUT2D eigenvalue weighted by Gasteiger charge is -2.31. The molecule has 6 rings (SSSR count). The molecule has 57 heavy (non-hydrogen) atoms. The fraction of sp³-hybridized carbons (Fsp3) is 0.561. The molecule has 3 aliphatic rings. The molecule has 3 saturated heterocycles. The van der Waals surface area contributed by atoms with Crippen LogP contribution >= 0.6 is 0 Å². The number of piperidine rings is 3. The molecule has 0 bridgehead atoms. The minimum Gasteiger partial charge on any atom is -0.370 e. The molecule has 0 radical (unpaired) electrons. The summed E-state index contributed by atoms with van der Waals surface area (Å²) < 4.78 is 12.3. The Morgan fingerprint density at radius 1 is 0.579 bits per heavy atom. The topological polar surface area (TPSA) is 242 Å². The van der Waals surface area contributed by atoms with E-state index >= 15 is 0 Å². The quantitative estimate of drug-likeness (QED) is 0.133. The highest BCUT2D eigenvalue weighted by Gasteiger charge is 2.23. The van der Waals surface area contributed by atoms with Gasteiger partial charge in [-0.05, 0) is 165 Å². The van der Waals surface area contributed by atoms with E-state index < -0.39 is 0 Å². The molecular weight excluding hydrogens is 722 g/mol. The van der Waals surface area contributed by atoms with Crippen molar-refractivity contribution in [3.05, 3.63) is 70.6 Å². The smallest absolute Gasteiger partial charge is 0.191 e. The Balaban J connectivity index is 0.000000190. The Morgan fingerprint density at radius 3 is 1.19 bits per heavy atom. The van der Waals surface area contributed by atoms with Gasteiger partial charge < -0.3 is 49.1 Å². The van der Waals surface area contributed by atoms with Gasteiger partial charge in [0.2, 0.25) is 0 Å². The predicted molar refractivity (Wildman–Crippen MR) is 231 cm³/mol. The molecule has 0 unspecified atom stereocenters. The molecule has 15 nitrogen and oxygen atoms in total. The second-order valence-corrected chi connectivity index (χ2v) is 15.3. The first kappa shape index (κ1) is 44.8. The summed E-state index contributed by atoms with van der Waals surface area (Å²) >= 11 is 0. The molecule has 3 aromatic rings. The number of aliphatic imine (C=N–C) groups is 3. The average molecular weight is 788 g/mol. The van der Waals surface area contributed by atoms with E-state index in [0.29, 0.717) is 24.3 Å². The highest BCUT2D eigenvalue weighted by atomic mass is 19.1. The van der Waals surface area contributed by atoms with Crippen molar-refractivity contribution < 1.29 is 4.39 Å². The van der Waals surface area contributed by atoms with Crippen LogP contribution in [0.25, 0.3) is 0 Å². The van der Waals surface area contributed by atoms with Gasteiger partial charge in [-0.2, -0.15) is 0 Å². The van der Waals surface area contributed by atoms with Crippen LogP contribution in [-0.4, -0.2) is 114 Å². The molecular formula is C41H66FN15. The summed E-state index contributed by atoms with van der Waals surface area (Å²) in [5.74, 6) is 1.81. The third-order valence-electron chi connectivity index (χ3n) is 11.1. The molecule has 3 fully saturated rings. The van der Waals surface area contributed by atoms with Crippen molar-refractivity contribution in [2.75, 3.05) is 66.1 Å². The van der Waals surface area contributed by atoms with Gasteiger partial charge in [-0.3, -0.25) is 15.0 Å². The first-order valence-electron chi connectivity index (χ1n) is 20.1. The maximum absolute atomic E-state index is 12.3. The summed E-state index contributed by atoms with van der Waals surface area (Å²) in [5.41, 5.74) is 41.1. The number of nitrogens with two attached hydrogens (primary N) is 6. The molecule has 0 amide bonds. The number of likely N-dealkylation sites (tertiary alicyclic amines) is 3. The number of aryl methyl sites for hydroxylation is 3. The highest BCUT2D eigenvalue weighted by Crippen LogP contribution is 2.33. The third kappa shape index (κ3) is 14.2. The van der Waals surface area contributed by atoms with Gasteiger partial charge in [-0.15, -0.1) is 0 Å². The number of nitrogens with zero attached hydrogens (tertiary/aromatic N) is 9. The molecule has 6 heterocycles. The second kappa shape index (κ2) is 22.1. The van der Waals surface area contributed by atoms with E-state index in [2.05, 4.69) is 70.7 Å². The van der Waals surface area contributed by atoms with E-state index in [-0.39, 0.29) is 24.6 Å². The van der Waals surface area contributed by atoms with Crippen LogP contribution in [0.15, 0.2) is 51.8 Å². The zero-order valence-electron chi connectivity index (χ0n) is 34.7. The number of halogens is 1. The van der Waals surface area contributed by atoms with Crippen molar-refractivity contribution in [1.82, 2.24) is 29.7 Å². The summed E-state index contributed by atoms with van der Waals surface area (Å²) in [6.07, 6.45) is 12.6. The molecule has 0 atom stereocenters. The van der Waals surface area contributed by atoms with Crippen molar-refractivity contribution in [2.24, 2.45) is 49.4 Å². The molecule has 0 aromatic carbocycles. The van der Waals surface area contributed by atoms with Gasteiger partial charge in [0.15, 0.2) is 17.9 Å². The predicted octanol–water partition coefficient (Wildman–Crippen LogP) is 4.04. The summed E-state index contributed by atoms with van der Waals surface area (Å²) in [5, 5.41) is 0. The van der Waals surface area contributed by atoms with Gasteiger partial charge in [-0.1, -0.05) is 6.92 Å². The van der Waals surface area contributed by atoms with Crippen LogP contribution in [-0.2, 0) is 0 Å². The molecule has 12 N–H and O–H groups in total. The largest absolute Gasteiger partial charge is 0.370 e. The number of rotatable bonds is 9. The summed E-state index contributed by atoms with van der Waals surface area (Å²) in [7, 11) is 2.16. The first-order valence-corrected chi connectivity index (χ1v) is 20.1. The van der Waals surface area contributed by atoms with Crippen LogP contribution in [0.1, 0.15) is 97.0 Å². The lowest BCUT2D eigenvalue weighted by Crippen LogP contribution is -2.34. The molecule has 312 valence electrons. The van der Waals surface area contributed by atoms with E-state index in [9.17, 15) is 4.39 Å². The van der Waals surface area contributed by atoms with Gasteiger partial charge in [0, 0.05) is 25.1 Å². The standard InChI is InChI=1S/C14H22FN5.C14H23N5.C13H21N5/c1-10-13(19-14(16)17)8-12(9-18-10)11-2-5-20(6-3-11)7-4-15;1-3-19-6-4-11(5-7-19)12-8-13(18-14(15)16)10(2)17-9-12;1-9-12(17-13(14)15)7-11(8-16-9)10-3-5-18(2)6-4-10/h8-9,11H,2-7H2,1H3,(H4,16,17,19);8-9,11H,3-7H2,1-2H3,(H4,15,16,18);7-8,10H,3-6H2,1-2H3,(H4,14,15,17). The van der Waals surface area contributed by atoms with Crippen LogP contribution < -0.4 is 34.4 Å². The van der Waals surface area contributed by atoms with Crippen molar-refractivity contribution in [2.45, 2.75) is 84.0 Å². The Kier molecular flexibility index (Phi) is 17.4.